The highest BCUT2D eigenvalue weighted by Crippen LogP contribution is 2.27. The van der Waals surface area contributed by atoms with Crippen LogP contribution in [0, 0.1) is 0 Å². The first-order valence-corrected chi connectivity index (χ1v) is 8.25. The fourth-order valence-corrected chi connectivity index (χ4v) is 2.58. The van der Waals surface area contributed by atoms with E-state index in [0.29, 0.717) is 40.2 Å². The first kappa shape index (κ1) is 17.9. The summed E-state index contributed by atoms with van der Waals surface area (Å²) in [5, 5.41) is 4.19. The first-order chi connectivity index (χ1) is 11.0. The molecule has 0 aliphatic rings. The third-order valence-corrected chi connectivity index (χ3v) is 4.00. The minimum atomic E-state index is -0.410. The normalized spacial score (nSPS) is 10.3. The molecule has 2 rings (SSSR count). The second-order valence-electron chi connectivity index (χ2n) is 4.53. The maximum absolute atomic E-state index is 11.8. The van der Waals surface area contributed by atoms with E-state index in [9.17, 15) is 4.79 Å². The molecule has 2 aromatic rings. The summed E-state index contributed by atoms with van der Waals surface area (Å²) < 4.78 is 11.2. The number of halogens is 3. The number of esters is 1. The molecular formula is C16H14BrCl2NO3. The van der Waals surface area contributed by atoms with Gasteiger partial charge in [-0.05, 0) is 30.3 Å². The van der Waals surface area contributed by atoms with Crippen molar-refractivity contribution in [2.45, 2.75) is 0 Å². The lowest BCUT2D eigenvalue weighted by Gasteiger charge is -2.12. The molecular weight excluding hydrogens is 405 g/mol. The van der Waals surface area contributed by atoms with Crippen molar-refractivity contribution in [3.63, 3.8) is 0 Å². The average Bonchev–Trinajstić information content (AvgIpc) is 2.54. The van der Waals surface area contributed by atoms with Crippen molar-refractivity contribution < 1.29 is 14.3 Å². The lowest BCUT2D eigenvalue weighted by atomic mass is 10.2. The van der Waals surface area contributed by atoms with Crippen molar-refractivity contribution in [2.24, 2.45) is 0 Å². The van der Waals surface area contributed by atoms with Crippen molar-refractivity contribution >= 4 is 50.8 Å². The van der Waals surface area contributed by atoms with Gasteiger partial charge in [0.2, 0.25) is 0 Å². The lowest BCUT2D eigenvalue weighted by Crippen LogP contribution is -2.14. The zero-order chi connectivity index (χ0) is 16.8. The fraction of sp³-hybridized carbons (Fsp3) is 0.188. The van der Waals surface area contributed by atoms with Crippen LogP contribution in [0.5, 0.6) is 5.75 Å². The summed E-state index contributed by atoms with van der Waals surface area (Å²) in [5.74, 6) is 0.109. The average molecular weight is 419 g/mol. The van der Waals surface area contributed by atoms with Crippen LogP contribution in [0.25, 0.3) is 0 Å². The Bertz CT molecular complexity index is 710. The van der Waals surface area contributed by atoms with Crippen LogP contribution >= 0.6 is 39.1 Å². The number of hydrogen-bond acceptors (Lipinski definition) is 4. The fourth-order valence-electron chi connectivity index (χ4n) is 1.88. The number of methoxy groups -OCH3 is 1. The molecule has 23 heavy (non-hydrogen) atoms. The monoisotopic (exact) mass is 417 g/mol. The maximum Gasteiger partial charge on any atom is 0.340 e. The highest BCUT2D eigenvalue weighted by molar-refractivity contribution is 9.10. The summed E-state index contributed by atoms with van der Waals surface area (Å²) in [4.78, 5) is 11.8. The van der Waals surface area contributed by atoms with Gasteiger partial charge in [0.05, 0.1) is 17.7 Å². The van der Waals surface area contributed by atoms with Gasteiger partial charge in [0.1, 0.15) is 12.4 Å². The summed E-state index contributed by atoms with van der Waals surface area (Å²) in [6, 6.07) is 10.4. The lowest BCUT2D eigenvalue weighted by molar-refractivity contribution is 0.0601. The van der Waals surface area contributed by atoms with Crippen molar-refractivity contribution in [1.29, 1.82) is 0 Å². The van der Waals surface area contributed by atoms with Crippen LogP contribution in [0.3, 0.4) is 0 Å². The van der Waals surface area contributed by atoms with Gasteiger partial charge in [0.15, 0.2) is 0 Å². The molecule has 0 aliphatic heterocycles. The quantitative estimate of drug-likeness (QED) is 0.527. The smallest absolute Gasteiger partial charge is 0.340 e. The van der Waals surface area contributed by atoms with Crippen LogP contribution < -0.4 is 10.1 Å². The van der Waals surface area contributed by atoms with Crippen LogP contribution in [0.1, 0.15) is 10.4 Å². The number of benzene rings is 2. The van der Waals surface area contributed by atoms with Gasteiger partial charge >= 0.3 is 5.97 Å². The molecule has 0 amide bonds. The second-order valence-corrected chi connectivity index (χ2v) is 6.29. The molecule has 2 aromatic carbocycles. The number of rotatable bonds is 6. The Labute approximate surface area is 152 Å². The molecule has 122 valence electrons. The molecule has 0 spiro atoms. The highest BCUT2D eigenvalue weighted by atomic mass is 79.9. The Kier molecular flexibility index (Phi) is 6.57. The Hall–Kier alpha value is -1.43. The molecule has 0 radical (unpaired) electrons. The molecule has 1 N–H and O–H groups in total. The van der Waals surface area contributed by atoms with E-state index in [4.69, 9.17) is 32.7 Å². The molecule has 0 fully saturated rings. The van der Waals surface area contributed by atoms with Gasteiger partial charge in [0.25, 0.3) is 0 Å². The minimum absolute atomic E-state index is 0.358. The van der Waals surface area contributed by atoms with E-state index in [1.807, 2.05) is 6.07 Å². The van der Waals surface area contributed by atoms with Crippen molar-refractivity contribution in [3.8, 4) is 5.75 Å². The van der Waals surface area contributed by atoms with Gasteiger partial charge < -0.3 is 14.8 Å². The van der Waals surface area contributed by atoms with Crippen molar-refractivity contribution in [3.05, 3.63) is 56.5 Å². The SMILES string of the molecule is COC(=O)c1cc(Br)ccc1NCCOc1cc(Cl)ccc1Cl. The predicted octanol–water partition coefficient (Wildman–Crippen LogP) is 5.03. The zero-order valence-corrected chi connectivity index (χ0v) is 15.3. The number of anilines is 1. The van der Waals surface area contributed by atoms with E-state index >= 15 is 0 Å². The maximum atomic E-state index is 11.8. The molecule has 0 saturated heterocycles. The molecule has 0 unspecified atom stereocenters. The van der Waals surface area contributed by atoms with Gasteiger partial charge in [-0.2, -0.15) is 0 Å². The Morgan fingerprint density at radius 3 is 2.74 bits per heavy atom. The van der Waals surface area contributed by atoms with E-state index < -0.39 is 5.97 Å². The van der Waals surface area contributed by atoms with Crippen LogP contribution in [-0.2, 0) is 4.74 Å². The molecule has 0 aliphatic carbocycles. The Morgan fingerprint density at radius 2 is 2.00 bits per heavy atom. The number of hydrogen-bond donors (Lipinski definition) is 1. The Morgan fingerprint density at radius 1 is 1.22 bits per heavy atom. The van der Waals surface area contributed by atoms with Gasteiger partial charge in [-0.25, -0.2) is 4.79 Å². The molecule has 0 heterocycles. The standard InChI is InChI=1S/C16H14BrCl2NO3/c1-22-16(21)12-8-10(17)2-5-14(12)20-6-7-23-15-9-11(18)3-4-13(15)19/h2-5,8-9,20H,6-7H2,1H3. The van der Waals surface area contributed by atoms with E-state index in [-0.39, 0.29) is 0 Å². The van der Waals surface area contributed by atoms with E-state index in [0.717, 1.165) is 4.47 Å². The topological polar surface area (TPSA) is 47.6 Å². The van der Waals surface area contributed by atoms with Gasteiger partial charge in [0, 0.05) is 27.8 Å². The van der Waals surface area contributed by atoms with E-state index in [1.165, 1.54) is 7.11 Å². The third kappa shape index (κ3) is 5.03. The highest BCUT2D eigenvalue weighted by Gasteiger charge is 2.12. The van der Waals surface area contributed by atoms with Crippen LogP contribution in [0.2, 0.25) is 10.0 Å². The van der Waals surface area contributed by atoms with Crippen LogP contribution in [0.15, 0.2) is 40.9 Å². The largest absolute Gasteiger partial charge is 0.490 e. The van der Waals surface area contributed by atoms with Crippen molar-refractivity contribution in [2.75, 3.05) is 25.6 Å². The summed E-state index contributed by atoms with van der Waals surface area (Å²) in [7, 11) is 1.34. The number of carbonyl (C=O) groups excluding carboxylic acids is 1. The second kappa shape index (κ2) is 8.43. The summed E-state index contributed by atoms with van der Waals surface area (Å²) >= 11 is 15.3. The third-order valence-electron chi connectivity index (χ3n) is 2.96. The Balaban J connectivity index is 1.96. The van der Waals surface area contributed by atoms with Gasteiger partial charge in [-0.1, -0.05) is 39.1 Å². The number of carbonyl (C=O) groups is 1. The first-order valence-electron chi connectivity index (χ1n) is 6.71. The van der Waals surface area contributed by atoms with E-state index in [1.54, 1.807) is 30.3 Å². The van der Waals surface area contributed by atoms with Crippen molar-refractivity contribution in [1.82, 2.24) is 0 Å². The molecule has 4 nitrogen and oxygen atoms in total. The molecule has 0 bridgehead atoms. The van der Waals surface area contributed by atoms with Gasteiger partial charge in [-0.3, -0.25) is 0 Å². The minimum Gasteiger partial charge on any atom is -0.490 e. The summed E-state index contributed by atoms with van der Waals surface area (Å²) in [6.45, 7) is 0.838. The van der Waals surface area contributed by atoms with E-state index in [2.05, 4.69) is 21.2 Å². The molecule has 7 heteroatoms. The van der Waals surface area contributed by atoms with Crippen LogP contribution in [-0.4, -0.2) is 26.2 Å². The number of nitrogens with one attached hydrogen (secondary N) is 1. The number of ether oxygens (including phenoxy) is 2. The van der Waals surface area contributed by atoms with Crippen LogP contribution in [0.4, 0.5) is 5.69 Å². The summed E-state index contributed by atoms with van der Waals surface area (Å²) in [5.41, 5.74) is 1.11. The molecule has 0 saturated carbocycles. The zero-order valence-electron chi connectivity index (χ0n) is 12.2. The molecule has 0 aromatic heterocycles. The van der Waals surface area contributed by atoms with Gasteiger partial charge in [-0.15, -0.1) is 0 Å². The summed E-state index contributed by atoms with van der Waals surface area (Å²) in [6.07, 6.45) is 0. The predicted molar refractivity (Wildman–Crippen MR) is 95.9 cm³/mol. The molecule has 0 atom stereocenters.